The van der Waals surface area contributed by atoms with Crippen LogP contribution in [0.3, 0.4) is 0 Å². The van der Waals surface area contributed by atoms with Crippen molar-refractivity contribution in [2.45, 2.75) is 201 Å². The van der Waals surface area contributed by atoms with E-state index in [1.165, 1.54) is 132 Å². The number of aryl methyl sites for hydroxylation is 1. The molecule has 3 heterocycles. The average Bonchev–Trinajstić information content (AvgIpc) is 3.61. The molecule has 0 bridgehead atoms. The molecular weight excluding hydrogens is 828 g/mol. The Kier molecular flexibility index (Phi) is 9.71. The first kappa shape index (κ1) is 45.2. The fraction of sp³-hybridized carbons (Fsp3) is 0.492. The molecule has 5 aromatic carbocycles. The van der Waals surface area contributed by atoms with Crippen LogP contribution >= 0.6 is 11.3 Å². The minimum absolute atomic E-state index is 0.0171. The second kappa shape index (κ2) is 14.4. The van der Waals surface area contributed by atoms with Gasteiger partial charge in [0.1, 0.15) is 0 Å². The van der Waals surface area contributed by atoms with E-state index in [1.54, 1.807) is 16.7 Å². The molecule has 348 valence electrons. The van der Waals surface area contributed by atoms with Crippen LogP contribution < -0.4 is 25.5 Å². The standard InChI is InChI=1S/C63H77BN2S/c1-36-26-52-55-53(27-36)66(41-20-21-46-47(31-41)61(12,13)23-22-60(46,10)11)56-45-32-43-37(2)18-19-38(3)44(43)33-54(45)67-57(56)64(55)50-34-48-49(63(16,17)25-24-62(48,14)15)35-51(50)65(52)42-29-39(58(4,5)6)28-40(30-42)59(7,8)9/h20-21,26-35,37-38H,18-19,22-25H2,1-17H3. The average molecular weight is 905 g/mol. The van der Waals surface area contributed by atoms with Crippen LogP contribution in [-0.4, -0.2) is 6.71 Å². The summed E-state index contributed by atoms with van der Waals surface area (Å²) in [5.74, 6) is 1.13. The number of nitrogens with zero attached hydrogens (tertiary/aromatic N) is 2. The largest absolute Gasteiger partial charge is 0.311 e. The summed E-state index contributed by atoms with van der Waals surface area (Å²) in [6, 6.07) is 31.0. The predicted molar refractivity (Wildman–Crippen MR) is 295 cm³/mol. The molecule has 67 heavy (non-hydrogen) atoms. The Balaban J connectivity index is 1.29. The molecule has 11 rings (SSSR count). The van der Waals surface area contributed by atoms with Crippen molar-refractivity contribution in [1.29, 1.82) is 0 Å². The summed E-state index contributed by atoms with van der Waals surface area (Å²) >= 11 is 2.09. The number of thiophene rings is 1. The molecule has 1 aromatic heterocycles. The summed E-state index contributed by atoms with van der Waals surface area (Å²) in [5, 5.41) is 1.43. The molecular formula is C63H77BN2S. The Morgan fingerprint density at radius 3 is 1.61 bits per heavy atom. The van der Waals surface area contributed by atoms with Crippen molar-refractivity contribution in [3.63, 3.8) is 0 Å². The molecule has 0 saturated carbocycles. The van der Waals surface area contributed by atoms with E-state index in [-0.39, 0.29) is 39.2 Å². The summed E-state index contributed by atoms with van der Waals surface area (Å²) in [6.45, 7) is 41.6. The zero-order chi connectivity index (χ0) is 47.9. The number of hydrogen-bond acceptors (Lipinski definition) is 3. The van der Waals surface area contributed by atoms with Crippen molar-refractivity contribution in [3.05, 3.63) is 123 Å². The molecule has 0 radical (unpaired) electrons. The van der Waals surface area contributed by atoms with Gasteiger partial charge in [-0.2, -0.15) is 0 Å². The number of anilines is 6. The molecule has 3 aliphatic carbocycles. The lowest BCUT2D eigenvalue weighted by Crippen LogP contribution is -2.61. The zero-order valence-corrected chi connectivity index (χ0v) is 45.0. The maximum atomic E-state index is 2.76. The molecule has 0 saturated heterocycles. The van der Waals surface area contributed by atoms with Crippen molar-refractivity contribution in [2.75, 3.05) is 9.80 Å². The van der Waals surface area contributed by atoms with Gasteiger partial charge in [0.15, 0.2) is 0 Å². The summed E-state index contributed by atoms with van der Waals surface area (Å²) < 4.78 is 2.94. The van der Waals surface area contributed by atoms with Gasteiger partial charge in [-0.1, -0.05) is 129 Å². The highest BCUT2D eigenvalue weighted by Crippen LogP contribution is 2.55. The molecule has 0 N–H and O–H groups in total. The van der Waals surface area contributed by atoms with Crippen LogP contribution in [0.1, 0.15) is 211 Å². The summed E-state index contributed by atoms with van der Waals surface area (Å²) in [5.41, 5.74) is 24.6. The normalized spacial score (nSPS) is 21.8. The van der Waals surface area contributed by atoms with E-state index in [0.29, 0.717) is 11.8 Å². The van der Waals surface area contributed by atoms with Crippen molar-refractivity contribution < 1.29 is 0 Å². The third-order valence-corrected chi connectivity index (χ3v) is 19.3. The van der Waals surface area contributed by atoms with E-state index in [1.807, 2.05) is 0 Å². The molecule has 4 heteroatoms. The number of fused-ring (bicyclic) bond motifs is 9. The van der Waals surface area contributed by atoms with Crippen LogP contribution in [-0.2, 0) is 32.5 Å². The second-order valence-corrected chi connectivity index (χ2v) is 28.1. The van der Waals surface area contributed by atoms with E-state index < -0.39 is 0 Å². The van der Waals surface area contributed by atoms with E-state index in [9.17, 15) is 0 Å². The number of rotatable bonds is 2. The third kappa shape index (κ3) is 6.82. The molecule has 6 aromatic rings. The molecule has 2 unspecified atom stereocenters. The first-order chi connectivity index (χ1) is 31.2. The first-order valence-corrected chi connectivity index (χ1v) is 26.8. The Labute approximate surface area is 409 Å². The highest BCUT2D eigenvalue weighted by atomic mass is 32.1. The Morgan fingerprint density at radius 1 is 0.537 bits per heavy atom. The van der Waals surface area contributed by atoms with Crippen molar-refractivity contribution >= 4 is 78.0 Å². The first-order valence-electron chi connectivity index (χ1n) is 26.0. The van der Waals surface area contributed by atoms with Crippen LogP contribution in [0, 0.1) is 6.92 Å². The maximum absolute atomic E-state index is 2.76. The lowest BCUT2D eigenvalue weighted by atomic mass is 9.35. The lowest BCUT2D eigenvalue weighted by Gasteiger charge is -2.47. The van der Waals surface area contributed by atoms with Gasteiger partial charge in [-0.25, -0.2) is 0 Å². The predicted octanol–water partition coefficient (Wildman–Crippen LogP) is 16.6. The highest BCUT2D eigenvalue weighted by molar-refractivity contribution is 7.33. The Morgan fingerprint density at radius 2 is 1.04 bits per heavy atom. The van der Waals surface area contributed by atoms with Gasteiger partial charge in [0, 0.05) is 43.3 Å². The van der Waals surface area contributed by atoms with E-state index in [2.05, 4.69) is 212 Å². The van der Waals surface area contributed by atoms with Gasteiger partial charge >= 0.3 is 0 Å². The summed E-state index contributed by atoms with van der Waals surface area (Å²) in [4.78, 5) is 5.50. The number of hydrogen-bond donors (Lipinski definition) is 0. The molecule has 0 fully saturated rings. The third-order valence-electron chi connectivity index (χ3n) is 18.1. The zero-order valence-electron chi connectivity index (χ0n) is 44.2. The Hall–Kier alpha value is -4.28. The molecule has 2 aliphatic heterocycles. The van der Waals surface area contributed by atoms with Gasteiger partial charge < -0.3 is 9.80 Å². The van der Waals surface area contributed by atoms with Gasteiger partial charge in [-0.3, -0.25) is 0 Å². The summed E-state index contributed by atoms with van der Waals surface area (Å²) in [7, 11) is 0. The van der Waals surface area contributed by atoms with E-state index in [4.69, 9.17) is 0 Å². The second-order valence-electron chi connectivity index (χ2n) is 27.0. The topological polar surface area (TPSA) is 6.48 Å². The molecule has 5 aliphatic rings. The van der Waals surface area contributed by atoms with Crippen molar-refractivity contribution in [2.24, 2.45) is 0 Å². The highest BCUT2D eigenvalue weighted by Gasteiger charge is 2.49. The van der Waals surface area contributed by atoms with Crippen molar-refractivity contribution in [1.82, 2.24) is 0 Å². The van der Waals surface area contributed by atoms with Crippen LogP contribution in [0.25, 0.3) is 10.1 Å². The Bertz CT molecular complexity index is 3030. The number of benzene rings is 5. The fourth-order valence-electron chi connectivity index (χ4n) is 13.3. The minimum atomic E-state index is -0.0171. The van der Waals surface area contributed by atoms with E-state index >= 15 is 0 Å². The molecule has 0 amide bonds. The van der Waals surface area contributed by atoms with Gasteiger partial charge in [0.2, 0.25) is 0 Å². The van der Waals surface area contributed by atoms with Gasteiger partial charge in [0.25, 0.3) is 6.71 Å². The fourth-order valence-corrected chi connectivity index (χ4v) is 14.6. The molecule has 2 nitrogen and oxygen atoms in total. The van der Waals surface area contributed by atoms with Crippen molar-refractivity contribution in [3.8, 4) is 0 Å². The van der Waals surface area contributed by atoms with Crippen LogP contribution in [0.15, 0.2) is 72.8 Å². The summed E-state index contributed by atoms with van der Waals surface area (Å²) in [6.07, 6.45) is 7.31. The minimum Gasteiger partial charge on any atom is -0.311 e. The smallest absolute Gasteiger partial charge is 0.264 e. The quantitative estimate of drug-likeness (QED) is 0.160. The van der Waals surface area contributed by atoms with Gasteiger partial charge in [0.05, 0.1) is 5.69 Å². The van der Waals surface area contributed by atoms with Crippen LogP contribution in [0.2, 0.25) is 0 Å². The van der Waals surface area contributed by atoms with Crippen LogP contribution in [0.5, 0.6) is 0 Å². The van der Waals surface area contributed by atoms with Gasteiger partial charge in [-0.15, -0.1) is 11.3 Å². The molecule has 0 spiro atoms. The van der Waals surface area contributed by atoms with Gasteiger partial charge in [-0.05, 0) is 205 Å². The van der Waals surface area contributed by atoms with Crippen LogP contribution in [0.4, 0.5) is 34.1 Å². The monoisotopic (exact) mass is 905 g/mol. The lowest BCUT2D eigenvalue weighted by molar-refractivity contribution is 0.332. The SMILES string of the molecule is Cc1cc2c3c(c1)N(c1ccc4c(c1)C(C)(C)CCC4(C)C)c1c(sc4cc5c(cc14)C(C)CCC5C)B3c1cc3c(cc1N2c1cc(C(C)(C)C)cc(C(C)(C)C)c1)C(C)(C)CCC3(C)C. The molecule has 2 atom stereocenters. The maximum Gasteiger partial charge on any atom is 0.264 e. The van der Waals surface area contributed by atoms with E-state index in [0.717, 1.165) is 0 Å².